The van der Waals surface area contributed by atoms with Crippen LogP contribution in [-0.4, -0.2) is 51.3 Å². The molecule has 1 saturated heterocycles. The van der Waals surface area contributed by atoms with Gasteiger partial charge in [0.05, 0.1) is 41.2 Å². The minimum atomic E-state index is -1.09. The molecule has 0 saturated carbocycles. The molecule has 1 aromatic carbocycles. The lowest BCUT2D eigenvalue weighted by Gasteiger charge is -2.31. The van der Waals surface area contributed by atoms with E-state index in [1.807, 2.05) is 0 Å². The van der Waals surface area contributed by atoms with E-state index >= 15 is 0 Å². The predicted molar refractivity (Wildman–Crippen MR) is 106 cm³/mol. The Morgan fingerprint density at radius 2 is 1.97 bits per heavy atom. The fourth-order valence-electron chi connectivity index (χ4n) is 3.48. The third-order valence-electron chi connectivity index (χ3n) is 4.84. The number of halogens is 5. The molecule has 2 aromatic heterocycles. The molecule has 0 radical (unpaired) electrons. The molecule has 1 amide bonds. The zero-order chi connectivity index (χ0) is 21.6. The van der Waals surface area contributed by atoms with Crippen LogP contribution in [0.3, 0.4) is 0 Å². The van der Waals surface area contributed by atoms with Crippen molar-refractivity contribution in [1.29, 1.82) is 0 Å². The van der Waals surface area contributed by atoms with Crippen molar-refractivity contribution in [1.82, 2.24) is 14.3 Å². The predicted octanol–water partition coefficient (Wildman–Crippen LogP) is 4.76. The Labute approximate surface area is 182 Å². The van der Waals surface area contributed by atoms with Crippen molar-refractivity contribution in [2.24, 2.45) is 0 Å². The zero-order valence-electron chi connectivity index (χ0n) is 15.2. The number of morpholine rings is 1. The lowest BCUT2D eigenvalue weighted by atomic mass is 10.0. The third kappa shape index (κ3) is 3.86. The molecule has 4 rings (SSSR count). The number of rotatable bonds is 3. The van der Waals surface area contributed by atoms with Crippen LogP contribution < -0.4 is 0 Å². The van der Waals surface area contributed by atoms with E-state index in [0.717, 1.165) is 18.3 Å². The average molecular weight is 505 g/mol. The Morgan fingerprint density at radius 1 is 1.27 bits per heavy atom. The van der Waals surface area contributed by atoms with Gasteiger partial charge in [0.25, 0.3) is 0 Å². The number of hydrogen-bond donors (Lipinski definition) is 1. The Bertz CT molecular complexity index is 1130. The minimum absolute atomic E-state index is 0.0322. The Morgan fingerprint density at radius 3 is 2.63 bits per heavy atom. The van der Waals surface area contributed by atoms with Crippen LogP contribution in [0.5, 0.6) is 0 Å². The van der Waals surface area contributed by atoms with E-state index in [9.17, 15) is 23.1 Å². The van der Waals surface area contributed by atoms with Crippen LogP contribution in [0, 0.1) is 17.5 Å². The highest BCUT2D eigenvalue weighted by Gasteiger charge is 2.28. The van der Waals surface area contributed by atoms with Crippen LogP contribution in [0.25, 0.3) is 16.9 Å². The normalized spacial score (nSPS) is 17.0. The zero-order valence-corrected chi connectivity index (χ0v) is 17.6. The summed E-state index contributed by atoms with van der Waals surface area (Å²) in [5.41, 5.74) is 0.0616. The summed E-state index contributed by atoms with van der Waals surface area (Å²) < 4.78 is 50.7. The smallest absolute Gasteiger partial charge is 0.407 e. The van der Waals surface area contributed by atoms with Crippen LogP contribution >= 0.6 is 27.5 Å². The number of fused-ring (bicyclic) bond motifs is 1. The molecule has 1 N–H and O–H groups in total. The van der Waals surface area contributed by atoms with Gasteiger partial charge >= 0.3 is 6.09 Å². The van der Waals surface area contributed by atoms with Crippen molar-refractivity contribution in [2.45, 2.75) is 12.5 Å². The topological polar surface area (TPSA) is 67.1 Å². The highest BCUT2D eigenvalue weighted by molar-refractivity contribution is 9.10. The summed E-state index contributed by atoms with van der Waals surface area (Å²) in [6.45, 7) is 0.444. The van der Waals surface area contributed by atoms with Gasteiger partial charge < -0.3 is 19.1 Å². The maximum absolute atomic E-state index is 14.7. The number of pyridine rings is 1. The van der Waals surface area contributed by atoms with E-state index < -0.39 is 29.6 Å². The maximum Gasteiger partial charge on any atom is 0.407 e. The largest absolute Gasteiger partial charge is 0.465 e. The summed E-state index contributed by atoms with van der Waals surface area (Å²) in [7, 11) is 0. The van der Waals surface area contributed by atoms with Gasteiger partial charge in [0, 0.05) is 29.7 Å². The first kappa shape index (κ1) is 21.0. The molecule has 1 aliphatic heterocycles. The summed E-state index contributed by atoms with van der Waals surface area (Å²) in [5.74, 6) is -2.44. The number of benzene rings is 1. The van der Waals surface area contributed by atoms with E-state index in [1.54, 1.807) is 0 Å². The minimum Gasteiger partial charge on any atom is -0.465 e. The summed E-state index contributed by atoms with van der Waals surface area (Å²) in [6.07, 6.45) is -0.565. The first-order valence-corrected chi connectivity index (χ1v) is 10.0. The van der Waals surface area contributed by atoms with Gasteiger partial charge in [-0.3, -0.25) is 0 Å². The van der Waals surface area contributed by atoms with Crippen LogP contribution in [-0.2, 0) is 11.2 Å². The van der Waals surface area contributed by atoms with Gasteiger partial charge in [-0.2, -0.15) is 0 Å². The number of amides is 1. The Kier molecular flexibility index (Phi) is 5.65. The molecule has 30 heavy (non-hydrogen) atoms. The molecule has 1 atom stereocenters. The maximum atomic E-state index is 14.7. The van der Waals surface area contributed by atoms with Crippen molar-refractivity contribution in [3.05, 3.63) is 57.0 Å². The van der Waals surface area contributed by atoms with Crippen LogP contribution in [0.15, 0.2) is 28.9 Å². The van der Waals surface area contributed by atoms with Crippen molar-refractivity contribution in [3.8, 4) is 11.3 Å². The molecule has 0 spiro atoms. The van der Waals surface area contributed by atoms with Crippen LogP contribution in [0.4, 0.5) is 18.0 Å². The number of ether oxygens (including phenoxy) is 1. The second-order valence-electron chi connectivity index (χ2n) is 6.77. The second-order valence-corrected chi connectivity index (χ2v) is 8.10. The molecular weight excluding hydrogens is 491 g/mol. The fraction of sp³-hybridized carbons (Fsp3) is 0.263. The van der Waals surface area contributed by atoms with Crippen molar-refractivity contribution < 1.29 is 27.8 Å². The van der Waals surface area contributed by atoms with Gasteiger partial charge in [-0.15, -0.1) is 0 Å². The number of aromatic nitrogens is 2. The molecule has 6 nitrogen and oxygen atoms in total. The van der Waals surface area contributed by atoms with Crippen LogP contribution in [0.2, 0.25) is 5.02 Å². The number of nitrogens with zero attached hydrogens (tertiary/aromatic N) is 3. The second kappa shape index (κ2) is 8.09. The summed E-state index contributed by atoms with van der Waals surface area (Å²) in [6, 6.07) is 3.45. The van der Waals surface area contributed by atoms with E-state index in [2.05, 4.69) is 20.9 Å². The summed E-state index contributed by atoms with van der Waals surface area (Å²) >= 11 is 8.88. The molecule has 1 fully saturated rings. The standard InChI is InChI=1S/C19H14BrClF3N3O3/c20-9-3-12(22)17(13(23)4-9)18-15(5-10-7-26(19(28)29)1-2-30-10)27-8-14(24)11(21)6-16(27)25-18/h3-4,6,8,10H,1-2,5,7H2,(H,28,29)/t10-/m0/s1. The molecule has 158 valence electrons. The van der Waals surface area contributed by atoms with E-state index in [-0.39, 0.29) is 58.2 Å². The lowest BCUT2D eigenvalue weighted by molar-refractivity contribution is -0.0214. The van der Waals surface area contributed by atoms with E-state index in [1.165, 1.54) is 15.4 Å². The quantitative estimate of drug-likeness (QED) is 0.559. The van der Waals surface area contributed by atoms with Gasteiger partial charge in [0.1, 0.15) is 17.3 Å². The molecule has 3 aromatic rings. The van der Waals surface area contributed by atoms with E-state index in [4.69, 9.17) is 16.3 Å². The average Bonchev–Trinajstić information content (AvgIpc) is 2.98. The number of carbonyl (C=O) groups is 1. The molecule has 0 bridgehead atoms. The lowest BCUT2D eigenvalue weighted by Crippen LogP contribution is -2.45. The van der Waals surface area contributed by atoms with Crippen molar-refractivity contribution in [2.75, 3.05) is 19.7 Å². The molecule has 0 aliphatic carbocycles. The van der Waals surface area contributed by atoms with Gasteiger partial charge in [-0.05, 0) is 12.1 Å². The van der Waals surface area contributed by atoms with Crippen molar-refractivity contribution in [3.63, 3.8) is 0 Å². The summed E-state index contributed by atoms with van der Waals surface area (Å²) in [4.78, 5) is 16.8. The third-order valence-corrected chi connectivity index (χ3v) is 5.59. The molecular formula is C19H14BrClF3N3O3. The highest BCUT2D eigenvalue weighted by atomic mass is 79.9. The highest BCUT2D eigenvalue weighted by Crippen LogP contribution is 2.33. The summed E-state index contributed by atoms with van der Waals surface area (Å²) in [5, 5.41) is 9.05. The molecule has 0 unspecified atom stereocenters. The van der Waals surface area contributed by atoms with Gasteiger partial charge in [0.15, 0.2) is 5.82 Å². The fourth-order valence-corrected chi connectivity index (χ4v) is 4.03. The van der Waals surface area contributed by atoms with Crippen LogP contribution in [0.1, 0.15) is 5.69 Å². The Hall–Kier alpha value is -2.30. The molecule has 3 heterocycles. The number of imidazole rings is 1. The van der Waals surface area contributed by atoms with Crippen molar-refractivity contribution >= 4 is 39.3 Å². The first-order chi connectivity index (χ1) is 14.2. The molecule has 1 aliphatic rings. The first-order valence-electron chi connectivity index (χ1n) is 8.85. The number of hydrogen-bond acceptors (Lipinski definition) is 3. The van der Waals surface area contributed by atoms with Gasteiger partial charge in [-0.1, -0.05) is 27.5 Å². The van der Waals surface area contributed by atoms with Gasteiger partial charge in [-0.25, -0.2) is 22.9 Å². The number of carboxylic acid groups (broad SMARTS) is 1. The van der Waals surface area contributed by atoms with E-state index in [0.29, 0.717) is 0 Å². The SMILES string of the molecule is O=C(O)N1CCO[C@@H](Cc2c(-c3c(F)cc(Br)cc3F)nc3cc(Cl)c(F)cn23)C1. The monoisotopic (exact) mass is 503 g/mol. The Balaban J connectivity index is 1.86. The van der Waals surface area contributed by atoms with Gasteiger partial charge in [0.2, 0.25) is 0 Å². The molecule has 11 heteroatoms.